The van der Waals surface area contributed by atoms with E-state index in [-0.39, 0.29) is 23.4 Å². The van der Waals surface area contributed by atoms with Crippen LogP contribution in [0.5, 0.6) is 0 Å². The molecule has 3 aromatic carbocycles. The third-order valence-corrected chi connectivity index (χ3v) is 6.96. The summed E-state index contributed by atoms with van der Waals surface area (Å²) in [7, 11) is 0. The van der Waals surface area contributed by atoms with Gasteiger partial charge in [-0.15, -0.1) is 11.3 Å². The minimum atomic E-state index is -0.566. The molecule has 184 valence electrons. The van der Waals surface area contributed by atoms with E-state index >= 15 is 0 Å². The number of hydrogen-bond acceptors (Lipinski definition) is 6. The van der Waals surface area contributed by atoms with E-state index in [2.05, 4.69) is 5.32 Å². The fraction of sp³-hybridized carbons (Fsp3) is 0.0714. The third-order valence-electron chi connectivity index (χ3n) is 5.81. The smallest absolute Gasteiger partial charge is 0.341 e. The van der Waals surface area contributed by atoms with Crippen LogP contribution in [0.4, 0.5) is 10.7 Å². The lowest BCUT2D eigenvalue weighted by Gasteiger charge is -2.15. The summed E-state index contributed by atoms with van der Waals surface area (Å²) in [6.45, 7) is 1.87. The fourth-order valence-electron chi connectivity index (χ4n) is 4.08. The molecule has 0 saturated carbocycles. The van der Waals surface area contributed by atoms with E-state index in [0.717, 1.165) is 10.5 Å². The van der Waals surface area contributed by atoms with E-state index in [0.29, 0.717) is 26.7 Å². The lowest BCUT2D eigenvalue weighted by atomic mass is 10.0. The highest BCUT2D eigenvalue weighted by Crippen LogP contribution is 2.37. The second-order valence-corrected chi connectivity index (χ2v) is 9.39. The molecule has 0 bridgehead atoms. The molecule has 1 aliphatic heterocycles. The Morgan fingerprint density at radius 2 is 1.59 bits per heavy atom. The van der Waals surface area contributed by atoms with Crippen molar-refractivity contribution < 1.29 is 23.9 Å². The molecule has 3 amide bonds. The molecule has 2 heterocycles. The third kappa shape index (κ3) is 4.52. The summed E-state index contributed by atoms with van der Waals surface area (Å²) in [6, 6.07) is 19.8. The van der Waals surface area contributed by atoms with E-state index in [1.807, 2.05) is 0 Å². The monoisotopic (exact) mass is 530 g/mol. The van der Waals surface area contributed by atoms with Crippen molar-refractivity contribution in [2.75, 3.05) is 16.8 Å². The topological polar surface area (TPSA) is 92.8 Å². The summed E-state index contributed by atoms with van der Waals surface area (Å²) in [5.74, 6) is -1.97. The number of thiophene rings is 1. The van der Waals surface area contributed by atoms with Crippen molar-refractivity contribution in [2.24, 2.45) is 0 Å². The maximum absolute atomic E-state index is 13.2. The van der Waals surface area contributed by atoms with Crippen LogP contribution in [0.1, 0.15) is 48.4 Å². The zero-order chi connectivity index (χ0) is 26.1. The zero-order valence-corrected chi connectivity index (χ0v) is 21.1. The van der Waals surface area contributed by atoms with Gasteiger partial charge in [0.25, 0.3) is 17.7 Å². The zero-order valence-electron chi connectivity index (χ0n) is 19.5. The van der Waals surface area contributed by atoms with Crippen LogP contribution in [0.15, 0.2) is 78.2 Å². The first-order valence-electron chi connectivity index (χ1n) is 11.3. The van der Waals surface area contributed by atoms with Crippen molar-refractivity contribution in [3.05, 3.63) is 105 Å². The van der Waals surface area contributed by atoms with Gasteiger partial charge in [-0.1, -0.05) is 41.9 Å². The van der Waals surface area contributed by atoms with Crippen molar-refractivity contribution in [3.8, 4) is 11.1 Å². The molecule has 7 nitrogen and oxygen atoms in total. The maximum Gasteiger partial charge on any atom is 0.341 e. The Balaban J connectivity index is 1.45. The first-order valence-corrected chi connectivity index (χ1v) is 12.6. The predicted molar refractivity (Wildman–Crippen MR) is 143 cm³/mol. The summed E-state index contributed by atoms with van der Waals surface area (Å²) < 4.78 is 5.25. The highest BCUT2D eigenvalue weighted by molar-refractivity contribution is 7.15. The van der Waals surface area contributed by atoms with E-state index in [1.54, 1.807) is 79.0 Å². The molecule has 5 rings (SSSR count). The maximum atomic E-state index is 13.2. The van der Waals surface area contributed by atoms with Gasteiger partial charge in [0.15, 0.2) is 0 Å². The number of esters is 1. The largest absolute Gasteiger partial charge is 0.462 e. The average Bonchev–Trinajstić information content (AvgIpc) is 3.43. The van der Waals surface area contributed by atoms with Crippen molar-refractivity contribution >= 4 is 57.3 Å². The van der Waals surface area contributed by atoms with Gasteiger partial charge in [-0.3, -0.25) is 14.4 Å². The van der Waals surface area contributed by atoms with E-state index in [1.165, 1.54) is 17.4 Å². The molecule has 1 aromatic heterocycles. The molecule has 0 unspecified atom stereocenters. The summed E-state index contributed by atoms with van der Waals surface area (Å²) >= 11 is 7.20. The van der Waals surface area contributed by atoms with Gasteiger partial charge in [-0.05, 0) is 55.0 Å². The number of imide groups is 1. The van der Waals surface area contributed by atoms with Crippen LogP contribution in [0.25, 0.3) is 11.1 Å². The molecular formula is C28H19ClN2O5S. The number of nitrogens with zero attached hydrogens (tertiary/aromatic N) is 1. The van der Waals surface area contributed by atoms with E-state index in [4.69, 9.17) is 16.3 Å². The number of halogens is 1. The predicted octanol–water partition coefficient (Wildman–Crippen LogP) is 6.30. The normalized spacial score (nSPS) is 12.4. The van der Waals surface area contributed by atoms with Crippen LogP contribution in [0, 0.1) is 0 Å². The van der Waals surface area contributed by atoms with Crippen LogP contribution < -0.4 is 10.2 Å². The molecule has 37 heavy (non-hydrogen) atoms. The Labute approximate surface area is 221 Å². The van der Waals surface area contributed by atoms with E-state index < -0.39 is 23.7 Å². The standard InChI is InChI=1S/C28H19ClN2O5S/c1-2-36-28(35)23-22(16-10-12-18(29)13-11-16)15-37-25(23)30-24(32)17-6-5-7-19(14-17)31-26(33)20-8-3-4-9-21(20)27(31)34/h3-15H,2H2,1H3,(H,30,32). The molecule has 0 radical (unpaired) electrons. The number of benzene rings is 3. The number of carbonyl (C=O) groups excluding carboxylic acids is 4. The SMILES string of the molecule is CCOC(=O)c1c(-c2ccc(Cl)cc2)csc1NC(=O)c1cccc(N2C(=O)c3ccccc3C2=O)c1. The number of ether oxygens (including phenoxy) is 1. The molecule has 4 aromatic rings. The molecule has 0 fully saturated rings. The number of hydrogen-bond donors (Lipinski definition) is 1. The van der Waals surface area contributed by atoms with Gasteiger partial charge in [-0.2, -0.15) is 0 Å². The highest BCUT2D eigenvalue weighted by atomic mass is 35.5. The van der Waals surface area contributed by atoms with Crippen molar-refractivity contribution in [1.82, 2.24) is 0 Å². The van der Waals surface area contributed by atoms with Crippen LogP contribution in [-0.4, -0.2) is 30.3 Å². The summed E-state index contributed by atoms with van der Waals surface area (Å²) in [4.78, 5) is 52.8. The number of amides is 3. The van der Waals surface area contributed by atoms with Gasteiger partial charge in [0, 0.05) is 21.5 Å². The molecule has 0 spiro atoms. The molecular weight excluding hydrogens is 512 g/mol. The average molecular weight is 531 g/mol. The molecule has 9 heteroatoms. The Hall–Kier alpha value is -4.27. The van der Waals surface area contributed by atoms with Crippen LogP contribution in [-0.2, 0) is 4.74 Å². The molecule has 0 aliphatic carbocycles. The summed E-state index contributed by atoms with van der Waals surface area (Å²) in [5, 5.41) is 5.43. The van der Waals surface area contributed by atoms with Crippen molar-refractivity contribution in [1.29, 1.82) is 0 Å². The molecule has 1 aliphatic rings. The van der Waals surface area contributed by atoms with Crippen LogP contribution in [0.2, 0.25) is 5.02 Å². The molecule has 1 N–H and O–H groups in total. The van der Waals surface area contributed by atoms with Crippen LogP contribution in [0.3, 0.4) is 0 Å². The lowest BCUT2D eigenvalue weighted by Crippen LogP contribution is -2.29. The Bertz CT molecular complexity index is 1530. The van der Waals surface area contributed by atoms with Gasteiger partial charge in [0.1, 0.15) is 10.6 Å². The van der Waals surface area contributed by atoms with Gasteiger partial charge < -0.3 is 10.1 Å². The quantitative estimate of drug-likeness (QED) is 0.233. The molecule has 0 atom stereocenters. The Kier molecular flexibility index (Phi) is 6.60. The second kappa shape index (κ2) is 10.0. The summed E-state index contributed by atoms with van der Waals surface area (Å²) in [5.41, 5.74) is 2.71. The molecule has 0 saturated heterocycles. The number of carbonyl (C=O) groups is 4. The van der Waals surface area contributed by atoms with Gasteiger partial charge in [0.05, 0.1) is 23.4 Å². The van der Waals surface area contributed by atoms with Gasteiger partial charge in [-0.25, -0.2) is 9.69 Å². The Morgan fingerprint density at radius 3 is 2.24 bits per heavy atom. The van der Waals surface area contributed by atoms with E-state index in [9.17, 15) is 19.2 Å². The van der Waals surface area contributed by atoms with Crippen LogP contribution >= 0.6 is 22.9 Å². The van der Waals surface area contributed by atoms with Gasteiger partial charge >= 0.3 is 5.97 Å². The first kappa shape index (κ1) is 24.4. The lowest BCUT2D eigenvalue weighted by molar-refractivity contribution is 0.0528. The number of anilines is 2. The number of rotatable bonds is 6. The number of fused-ring (bicyclic) bond motifs is 1. The van der Waals surface area contributed by atoms with Crippen molar-refractivity contribution in [3.63, 3.8) is 0 Å². The van der Waals surface area contributed by atoms with Crippen molar-refractivity contribution in [2.45, 2.75) is 6.92 Å². The number of nitrogens with one attached hydrogen (secondary N) is 1. The minimum Gasteiger partial charge on any atom is -0.462 e. The highest BCUT2D eigenvalue weighted by Gasteiger charge is 2.36. The Morgan fingerprint density at radius 1 is 0.919 bits per heavy atom. The minimum absolute atomic E-state index is 0.171. The summed E-state index contributed by atoms with van der Waals surface area (Å²) in [6.07, 6.45) is 0. The first-order chi connectivity index (χ1) is 17.9. The second-order valence-electron chi connectivity index (χ2n) is 8.08. The fourth-order valence-corrected chi connectivity index (χ4v) is 5.16. The van der Waals surface area contributed by atoms with Gasteiger partial charge in [0.2, 0.25) is 0 Å².